The minimum Gasteiger partial charge on any atom is -0.452 e. The number of nitrogens with one attached hydrogen (secondary N) is 2. The Morgan fingerprint density at radius 1 is 1.00 bits per heavy atom. The molecule has 172 valence electrons. The highest BCUT2D eigenvalue weighted by Gasteiger charge is 2.18. The molecule has 4 N–H and O–H groups in total. The van der Waals surface area contributed by atoms with Crippen molar-refractivity contribution in [1.82, 2.24) is 10.9 Å². The lowest BCUT2D eigenvalue weighted by atomic mass is 10.2. The summed E-state index contributed by atoms with van der Waals surface area (Å²) >= 11 is 5.76. The summed E-state index contributed by atoms with van der Waals surface area (Å²) in [5, 5.41) is 4.87. The number of nitrogens with two attached hydrogens (primary N) is 1. The van der Waals surface area contributed by atoms with E-state index in [2.05, 4.69) is 15.8 Å². The number of carbonyl (C=O) groups excluding carboxylic acids is 3. The zero-order valence-corrected chi connectivity index (χ0v) is 19.0. The van der Waals surface area contributed by atoms with Crippen molar-refractivity contribution in [3.8, 4) is 0 Å². The molecule has 0 saturated carbocycles. The molecule has 0 radical (unpaired) electrons. The topological polar surface area (TPSA) is 148 Å². The predicted molar refractivity (Wildman–Crippen MR) is 119 cm³/mol. The molecule has 10 nitrogen and oxygen atoms in total. The molecule has 0 atom stereocenters. The first-order chi connectivity index (χ1) is 15.1. The number of carbonyl (C=O) groups is 3. The fraction of sp³-hybridized carbons (Fsp3) is 0.250. The molecule has 2 amide bonds. The maximum absolute atomic E-state index is 12.2. The Labute approximate surface area is 190 Å². The van der Waals surface area contributed by atoms with Gasteiger partial charge in [0.1, 0.15) is 4.90 Å². The summed E-state index contributed by atoms with van der Waals surface area (Å²) in [5.74, 6) is -2.32. The lowest BCUT2D eigenvalue weighted by Crippen LogP contribution is -2.43. The highest BCUT2D eigenvalue weighted by Crippen LogP contribution is 2.22. The van der Waals surface area contributed by atoms with E-state index in [1.807, 2.05) is 13.8 Å². The first kappa shape index (κ1) is 25.1. The Morgan fingerprint density at radius 2 is 1.59 bits per heavy atom. The number of benzene rings is 2. The van der Waals surface area contributed by atoms with Crippen molar-refractivity contribution < 1.29 is 27.5 Å². The molecular formula is C20H23ClN4O6S. The molecule has 2 rings (SSSR count). The fourth-order valence-electron chi connectivity index (χ4n) is 2.71. The Balaban J connectivity index is 1.88. The van der Waals surface area contributed by atoms with Gasteiger partial charge in [-0.25, -0.2) is 18.4 Å². The molecule has 12 heteroatoms. The number of amides is 2. The molecule has 0 fully saturated rings. The van der Waals surface area contributed by atoms with Crippen LogP contribution in [0.3, 0.4) is 0 Å². The smallest absolute Gasteiger partial charge is 0.338 e. The molecule has 0 aliphatic heterocycles. The van der Waals surface area contributed by atoms with Crippen LogP contribution < -0.4 is 20.9 Å². The van der Waals surface area contributed by atoms with Crippen molar-refractivity contribution in [3.05, 3.63) is 58.6 Å². The summed E-state index contributed by atoms with van der Waals surface area (Å²) in [7, 11) is -4.15. The van der Waals surface area contributed by atoms with E-state index in [1.165, 1.54) is 12.1 Å². The maximum atomic E-state index is 12.2. The van der Waals surface area contributed by atoms with Gasteiger partial charge in [-0.15, -0.1) is 0 Å². The summed E-state index contributed by atoms with van der Waals surface area (Å²) in [4.78, 5) is 37.8. The number of sulfonamides is 1. The largest absolute Gasteiger partial charge is 0.452 e. The summed E-state index contributed by atoms with van der Waals surface area (Å²) < 4.78 is 27.8. The zero-order chi connectivity index (χ0) is 23.9. The summed E-state index contributed by atoms with van der Waals surface area (Å²) in [6, 6.07) is 10.2. The van der Waals surface area contributed by atoms with Gasteiger partial charge < -0.3 is 9.64 Å². The van der Waals surface area contributed by atoms with Crippen LogP contribution in [0.15, 0.2) is 47.4 Å². The van der Waals surface area contributed by atoms with Crippen molar-refractivity contribution >= 4 is 45.1 Å². The molecule has 2 aromatic rings. The number of hydrogen-bond acceptors (Lipinski definition) is 7. The van der Waals surface area contributed by atoms with Gasteiger partial charge in [0, 0.05) is 24.3 Å². The third kappa shape index (κ3) is 6.67. The van der Waals surface area contributed by atoms with Gasteiger partial charge in [-0.2, -0.15) is 0 Å². The van der Waals surface area contributed by atoms with Crippen LogP contribution in [0.1, 0.15) is 34.6 Å². The highest BCUT2D eigenvalue weighted by molar-refractivity contribution is 7.89. The summed E-state index contributed by atoms with van der Waals surface area (Å²) in [6.07, 6.45) is 0. The van der Waals surface area contributed by atoms with Crippen molar-refractivity contribution in [2.75, 3.05) is 24.6 Å². The average Bonchev–Trinajstić information content (AvgIpc) is 2.76. The Bertz CT molecular complexity index is 1100. The van der Waals surface area contributed by atoms with E-state index >= 15 is 0 Å². The van der Waals surface area contributed by atoms with Gasteiger partial charge in [0.25, 0.3) is 11.8 Å². The third-order valence-corrected chi connectivity index (χ3v) is 5.77. The molecule has 0 bridgehead atoms. The van der Waals surface area contributed by atoms with Gasteiger partial charge in [0.15, 0.2) is 6.61 Å². The van der Waals surface area contributed by atoms with Gasteiger partial charge in [-0.05, 0) is 56.3 Å². The zero-order valence-electron chi connectivity index (χ0n) is 17.4. The first-order valence-corrected chi connectivity index (χ1v) is 11.4. The number of anilines is 1. The minimum atomic E-state index is -4.15. The number of rotatable bonds is 8. The molecule has 0 aliphatic rings. The summed E-state index contributed by atoms with van der Waals surface area (Å²) in [6.45, 7) is 5.00. The molecule has 32 heavy (non-hydrogen) atoms. The number of hydrogen-bond donors (Lipinski definition) is 3. The second-order valence-electron chi connectivity index (χ2n) is 6.49. The number of primary sulfonamides is 1. The molecule has 0 saturated heterocycles. The van der Waals surface area contributed by atoms with Crippen LogP contribution in [-0.4, -0.2) is 45.9 Å². The van der Waals surface area contributed by atoms with E-state index in [-0.39, 0.29) is 10.6 Å². The molecular weight excluding hydrogens is 460 g/mol. The lowest BCUT2D eigenvalue weighted by Gasteiger charge is -2.21. The Kier molecular flexibility index (Phi) is 8.58. The molecule has 0 aliphatic carbocycles. The number of hydrazine groups is 1. The van der Waals surface area contributed by atoms with E-state index in [4.69, 9.17) is 21.5 Å². The van der Waals surface area contributed by atoms with E-state index < -0.39 is 39.3 Å². The molecule has 0 spiro atoms. The predicted octanol–water partition coefficient (Wildman–Crippen LogP) is 1.45. The van der Waals surface area contributed by atoms with E-state index in [0.717, 1.165) is 24.8 Å². The Hall–Kier alpha value is -3.15. The quantitative estimate of drug-likeness (QED) is 0.381. The standard InChI is InChI=1S/C20H23ClN4O6S/c1-3-25(4-2)15-8-5-13(6-9-15)19(27)24-23-18(26)12-31-20(28)14-7-10-16(21)17(11-14)32(22,29)30/h5-11H,3-4,12H2,1-2H3,(H,23,26)(H,24,27)(H2,22,29,30). The third-order valence-electron chi connectivity index (χ3n) is 4.38. The normalized spacial score (nSPS) is 10.9. The van der Waals surface area contributed by atoms with E-state index in [1.54, 1.807) is 24.3 Å². The minimum absolute atomic E-state index is 0.158. The Morgan fingerprint density at radius 3 is 2.16 bits per heavy atom. The van der Waals surface area contributed by atoms with Crippen LogP contribution in [0, 0.1) is 0 Å². The molecule has 0 heterocycles. The number of halogens is 1. The van der Waals surface area contributed by atoms with Gasteiger partial charge in [0.05, 0.1) is 10.6 Å². The number of esters is 1. The van der Waals surface area contributed by atoms with Crippen LogP contribution in [0.25, 0.3) is 0 Å². The lowest BCUT2D eigenvalue weighted by molar-refractivity contribution is -0.125. The van der Waals surface area contributed by atoms with Crippen molar-refractivity contribution in [3.63, 3.8) is 0 Å². The van der Waals surface area contributed by atoms with E-state index in [9.17, 15) is 22.8 Å². The van der Waals surface area contributed by atoms with Gasteiger partial charge in [-0.3, -0.25) is 20.4 Å². The van der Waals surface area contributed by atoms with Crippen LogP contribution in [-0.2, 0) is 19.6 Å². The second kappa shape index (κ2) is 10.9. The van der Waals surface area contributed by atoms with Crippen molar-refractivity contribution in [2.45, 2.75) is 18.7 Å². The van der Waals surface area contributed by atoms with Crippen LogP contribution in [0.5, 0.6) is 0 Å². The monoisotopic (exact) mass is 482 g/mol. The average molecular weight is 483 g/mol. The van der Waals surface area contributed by atoms with Gasteiger partial charge in [-0.1, -0.05) is 11.6 Å². The molecule has 2 aromatic carbocycles. The first-order valence-electron chi connectivity index (χ1n) is 9.50. The highest BCUT2D eigenvalue weighted by atomic mass is 35.5. The number of nitrogens with zero attached hydrogens (tertiary/aromatic N) is 1. The van der Waals surface area contributed by atoms with Gasteiger partial charge in [0.2, 0.25) is 10.0 Å². The van der Waals surface area contributed by atoms with E-state index in [0.29, 0.717) is 5.56 Å². The van der Waals surface area contributed by atoms with Gasteiger partial charge >= 0.3 is 5.97 Å². The maximum Gasteiger partial charge on any atom is 0.338 e. The summed E-state index contributed by atoms with van der Waals surface area (Å²) in [5.41, 5.74) is 5.48. The van der Waals surface area contributed by atoms with Crippen LogP contribution in [0.2, 0.25) is 5.02 Å². The van der Waals surface area contributed by atoms with Crippen molar-refractivity contribution in [2.24, 2.45) is 5.14 Å². The van der Waals surface area contributed by atoms with Crippen LogP contribution >= 0.6 is 11.6 Å². The fourth-order valence-corrected chi connectivity index (χ4v) is 3.78. The van der Waals surface area contributed by atoms with Crippen molar-refractivity contribution in [1.29, 1.82) is 0 Å². The molecule has 0 aromatic heterocycles. The number of ether oxygens (including phenoxy) is 1. The SMILES string of the molecule is CCN(CC)c1ccc(C(=O)NNC(=O)COC(=O)c2ccc(Cl)c(S(N)(=O)=O)c2)cc1. The van der Waals surface area contributed by atoms with Crippen LogP contribution in [0.4, 0.5) is 5.69 Å². The second-order valence-corrected chi connectivity index (χ2v) is 8.42. The molecule has 0 unspecified atom stereocenters.